The summed E-state index contributed by atoms with van der Waals surface area (Å²) in [5, 5.41) is 11.5. The molecule has 0 aliphatic rings. The number of halogens is 1. The average Bonchev–Trinajstić information content (AvgIpc) is 3.05. The molecule has 6 heteroatoms. The fourth-order valence-corrected chi connectivity index (χ4v) is 2.91. The summed E-state index contributed by atoms with van der Waals surface area (Å²) in [6, 6.07) is 7.85. The second-order valence-electron chi connectivity index (χ2n) is 4.69. The highest BCUT2D eigenvalue weighted by molar-refractivity contribution is 7.07. The largest absolute Gasteiger partial charge is 0.497 e. The van der Waals surface area contributed by atoms with Gasteiger partial charge in [-0.1, -0.05) is 17.7 Å². The fraction of sp³-hybridized carbons (Fsp3) is 0.312. The van der Waals surface area contributed by atoms with Crippen molar-refractivity contribution in [1.29, 1.82) is 0 Å². The van der Waals surface area contributed by atoms with E-state index in [0.717, 1.165) is 41.8 Å². The van der Waals surface area contributed by atoms with E-state index in [1.165, 1.54) is 5.56 Å². The third kappa shape index (κ3) is 4.93. The highest BCUT2D eigenvalue weighted by atomic mass is 35.5. The number of thiophene rings is 1. The molecule has 0 radical (unpaired) electrons. The lowest BCUT2D eigenvalue weighted by Gasteiger charge is -2.12. The molecule has 2 aromatic rings. The molecule has 0 atom stereocenters. The molecule has 1 aromatic carbocycles. The van der Waals surface area contributed by atoms with Crippen LogP contribution in [0, 0.1) is 0 Å². The SMILES string of the molecule is CN=C(NCCc1ccc(OC)cc1Cl)NCc1ccsc1. The predicted octanol–water partition coefficient (Wildman–Crippen LogP) is 3.32. The zero-order valence-electron chi connectivity index (χ0n) is 12.7. The first-order valence-electron chi connectivity index (χ1n) is 7.01. The van der Waals surface area contributed by atoms with E-state index in [0.29, 0.717) is 0 Å². The number of guanidine groups is 1. The maximum atomic E-state index is 6.23. The normalized spacial score (nSPS) is 11.3. The predicted molar refractivity (Wildman–Crippen MR) is 94.2 cm³/mol. The van der Waals surface area contributed by atoms with Gasteiger partial charge in [-0.05, 0) is 46.5 Å². The lowest BCUT2D eigenvalue weighted by atomic mass is 10.1. The molecule has 0 saturated heterocycles. The third-order valence-corrected chi connectivity index (χ3v) is 4.29. The smallest absolute Gasteiger partial charge is 0.191 e. The number of aliphatic imine (C=N–C) groups is 1. The molecular formula is C16H20ClN3OS. The van der Waals surface area contributed by atoms with Gasteiger partial charge in [0, 0.05) is 25.2 Å². The molecule has 118 valence electrons. The van der Waals surface area contributed by atoms with Gasteiger partial charge in [0.25, 0.3) is 0 Å². The lowest BCUT2D eigenvalue weighted by Crippen LogP contribution is -2.37. The lowest BCUT2D eigenvalue weighted by molar-refractivity contribution is 0.414. The molecule has 0 unspecified atom stereocenters. The van der Waals surface area contributed by atoms with Crippen LogP contribution in [0.15, 0.2) is 40.0 Å². The molecule has 0 saturated carbocycles. The Labute approximate surface area is 140 Å². The number of hydrogen-bond donors (Lipinski definition) is 2. The molecule has 0 aliphatic carbocycles. The van der Waals surface area contributed by atoms with Crippen molar-refractivity contribution in [2.45, 2.75) is 13.0 Å². The second kappa shape index (κ2) is 8.66. The Hall–Kier alpha value is -1.72. The minimum absolute atomic E-state index is 0.724. The Morgan fingerprint density at radius 3 is 2.82 bits per heavy atom. The van der Waals surface area contributed by atoms with Crippen LogP contribution in [-0.2, 0) is 13.0 Å². The van der Waals surface area contributed by atoms with Gasteiger partial charge in [0.1, 0.15) is 5.75 Å². The molecule has 1 aromatic heterocycles. The molecule has 0 aliphatic heterocycles. The Morgan fingerprint density at radius 1 is 1.32 bits per heavy atom. The monoisotopic (exact) mass is 337 g/mol. The van der Waals surface area contributed by atoms with Gasteiger partial charge in [-0.15, -0.1) is 0 Å². The first-order chi connectivity index (χ1) is 10.7. The van der Waals surface area contributed by atoms with Crippen LogP contribution in [0.2, 0.25) is 5.02 Å². The van der Waals surface area contributed by atoms with E-state index in [1.54, 1.807) is 25.5 Å². The maximum Gasteiger partial charge on any atom is 0.191 e. The first-order valence-corrected chi connectivity index (χ1v) is 8.33. The second-order valence-corrected chi connectivity index (χ2v) is 5.88. The van der Waals surface area contributed by atoms with E-state index in [1.807, 2.05) is 18.2 Å². The van der Waals surface area contributed by atoms with E-state index < -0.39 is 0 Å². The molecule has 0 fully saturated rings. The van der Waals surface area contributed by atoms with Crippen molar-refractivity contribution in [3.8, 4) is 5.75 Å². The third-order valence-electron chi connectivity index (χ3n) is 3.21. The van der Waals surface area contributed by atoms with Crippen LogP contribution in [0.25, 0.3) is 0 Å². The highest BCUT2D eigenvalue weighted by Crippen LogP contribution is 2.22. The Bertz CT molecular complexity index is 614. The maximum absolute atomic E-state index is 6.23. The van der Waals surface area contributed by atoms with Crippen LogP contribution in [0.3, 0.4) is 0 Å². The zero-order valence-corrected chi connectivity index (χ0v) is 14.3. The van der Waals surface area contributed by atoms with Gasteiger partial charge >= 0.3 is 0 Å². The summed E-state index contributed by atoms with van der Waals surface area (Å²) in [6.45, 7) is 1.53. The van der Waals surface area contributed by atoms with Crippen molar-refractivity contribution in [3.63, 3.8) is 0 Å². The van der Waals surface area contributed by atoms with E-state index in [4.69, 9.17) is 16.3 Å². The van der Waals surface area contributed by atoms with Crippen molar-refractivity contribution < 1.29 is 4.74 Å². The molecule has 0 spiro atoms. The molecule has 0 bridgehead atoms. The van der Waals surface area contributed by atoms with Crippen LogP contribution in [0.5, 0.6) is 5.75 Å². The van der Waals surface area contributed by atoms with Crippen molar-refractivity contribution >= 4 is 28.9 Å². The molecule has 4 nitrogen and oxygen atoms in total. The van der Waals surface area contributed by atoms with Crippen molar-refractivity contribution in [2.24, 2.45) is 4.99 Å². The number of benzene rings is 1. The van der Waals surface area contributed by atoms with Crippen LogP contribution < -0.4 is 15.4 Å². The van der Waals surface area contributed by atoms with Crippen LogP contribution in [-0.4, -0.2) is 26.7 Å². The van der Waals surface area contributed by atoms with Crippen LogP contribution in [0.4, 0.5) is 0 Å². The van der Waals surface area contributed by atoms with E-state index in [-0.39, 0.29) is 0 Å². The van der Waals surface area contributed by atoms with Gasteiger partial charge in [0.2, 0.25) is 0 Å². The number of methoxy groups -OCH3 is 1. The standard InChI is InChI=1S/C16H20ClN3OS/c1-18-16(20-10-12-6-8-22-11-12)19-7-5-13-3-4-14(21-2)9-15(13)17/h3-4,6,8-9,11H,5,7,10H2,1-2H3,(H2,18,19,20). The molecule has 0 amide bonds. The summed E-state index contributed by atoms with van der Waals surface area (Å²) in [7, 11) is 3.40. The van der Waals surface area contributed by atoms with Gasteiger partial charge in [-0.3, -0.25) is 4.99 Å². The molecule has 22 heavy (non-hydrogen) atoms. The number of nitrogens with one attached hydrogen (secondary N) is 2. The Morgan fingerprint density at radius 2 is 2.18 bits per heavy atom. The number of hydrogen-bond acceptors (Lipinski definition) is 3. The molecule has 2 N–H and O–H groups in total. The number of ether oxygens (including phenoxy) is 1. The topological polar surface area (TPSA) is 45.7 Å². The van der Waals surface area contributed by atoms with Gasteiger partial charge < -0.3 is 15.4 Å². The summed E-state index contributed by atoms with van der Waals surface area (Å²) in [5.74, 6) is 1.56. The minimum atomic E-state index is 0.724. The van der Waals surface area contributed by atoms with Crippen LogP contribution in [0.1, 0.15) is 11.1 Å². The van der Waals surface area contributed by atoms with E-state index in [9.17, 15) is 0 Å². The minimum Gasteiger partial charge on any atom is -0.497 e. The molecule has 1 heterocycles. The summed E-state index contributed by atoms with van der Waals surface area (Å²) in [5.41, 5.74) is 2.34. The van der Waals surface area contributed by atoms with E-state index >= 15 is 0 Å². The number of nitrogens with zero attached hydrogens (tertiary/aromatic N) is 1. The van der Waals surface area contributed by atoms with Crippen molar-refractivity contribution in [3.05, 3.63) is 51.2 Å². The van der Waals surface area contributed by atoms with E-state index in [2.05, 4.69) is 32.5 Å². The van der Waals surface area contributed by atoms with Gasteiger partial charge in [0.15, 0.2) is 5.96 Å². The Balaban J connectivity index is 1.79. The first kappa shape index (κ1) is 16.6. The highest BCUT2D eigenvalue weighted by Gasteiger charge is 2.03. The fourth-order valence-electron chi connectivity index (χ4n) is 1.97. The molecular weight excluding hydrogens is 318 g/mol. The summed E-state index contributed by atoms with van der Waals surface area (Å²) < 4.78 is 5.15. The molecule has 2 rings (SSSR count). The Kier molecular flexibility index (Phi) is 6.55. The number of rotatable bonds is 6. The summed E-state index contributed by atoms with van der Waals surface area (Å²) in [6.07, 6.45) is 0.821. The quantitative estimate of drug-likeness (QED) is 0.628. The summed E-state index contributed by atoms with van der Waals surface area (Å²) >= 11 is 7.93. The van der Waals surface area contributed by atoms with Crippen molar-refractivity contribution in [2.75, 3.05) is 20.7 Å². The van der Waals surface area contributed by atoms with Gasteiger partial charge in [-0.25, -0.2) is 0 Å². The van der Waals surface area contributed by atoms with Gasteiger partial charge in [0.05, 0.1) is 7.11 Å². The van der Waals surface area contributed by atoms with Crippen LogP contribution >= 0.6 is 22.9 Å². The van der Waals surface area contributed by atoms with Crippen molar-refractivity contribution in [1.82, 2.24) is 10.6 Å². The summed E-state index contributed by atoms with van der Waals surface area (Å²) in [4.78, 5) is 4.21. The average molecular weight is 338 g/mol. The zero-order chi connectivity index (χ0) is 15.8. The van der Waals surface area contributed by atoms with Gasteiger partial charge in [-0.2, -0.15) is 11.3 Å².